The molecule has 0 bridgehead atoms. The number of anilines is 4. The lowest BCUT2D eigenvalue weighted by molar-refractivity contribution is 0.711. The molecule has 1 aliphatic rings. The van der Waals surface area contributed by atoms with Gasteiger partial charge < -0.3 is 10.6 Å². The molecule has 3 aromatic rings. The molecule has 0 aliphatic heterocycles. The average Bonchev–Trinajstić information content (AvgIpc) is 2.96. The van der Waals surface area contributed by atoms with Gasteiger partial charge >= 0.3 is 0 Å². The van der Waals surface area contributed by atoms with E-state index in [0.29, 0.717) is 16.8 Å². The minimum atomic E-state index is -0.342. The normalized spacial score (nSPS) is 13.6. The number of aromatic nitrogens is 2. The van der Waals surface area contributed by atoms with E-state index in [1.165, 1.54) is 42.1 Å². The molecule has 4 rings (SSSR count). The van der Waals surface area contributed by atoms with E-state index in [4.69, 9.17) is 23.2 Å². The van der Waals surface area contributed by atoms with Crippen molar-refractivity contribution in [2.24, 2.45) is 0 Å². The first kappa shape index (κ1) is 21.4. The molecule has 1 aliphatic carbocycles. The lowest BCUT2D eigenvalue weighted by atomic mass is 10.0. The number of nitrogens with zero attached hydrogens (tertiary/aromatic N) is 2. The smallest absolute Gasteiger partial charge is 0.229 e. The van der Waals surface area contributed by atoms with Gasteiger partial charge in [0.15, 0.2) is 5.82 Å². The molecule has 7 heteroatoms. The van der Waals surface area contributed by atoms with Crippen LogP contribution in [0.15, 0.2) is 42.6 Å². The quantitative estimate of drug-likeness (QED) is 0.322. The highest BCUT2D eigenvalue weighted by Crippen LogP contribution is 2.33. The predicted octanol–water partition coefficient (Wildman–Crippen LogP) is 6.91. The van der Waals surface area contributed by atoms with E-state index in [9.17, 15) is 0 Å². The van der Waals surface area contributed by atoms with Crippen molar-refractivity contribution in [3.8, 4) is 0 Å². The summed E-state index contributed by atoms with van der Waals surface area (Å²) in [6.45, 7) is 4.39. The van der Waals surface area contributed by atoms with Gasteiger partial charge in [0, 0.05) is 21.7 Å². The summed E-state index contributed by atoms with van der Waals surface area (Å²) in [7, 11) is -0.342. The highest BCUT2D eigenvalue weighted by molar-refractivity contribution is 7.64. The molecule has 1 aromatic heterocycles. The van der Waals surface area contributed by atoms with Crippen LogP contribution in [-0.2, 0) is 12.8 Å². The van der Waals surface area contributed by atoms with Crippen molar-refractivity contribution in [2.75, 3.05) is 24.0 Å². The Morgan fingerprint density at radius 1 is 0.900 bits per heavy atom. The van der Waals surface area contributed by atoms with Crippen molar-refractivity contribution in [1.82, 2.24) is 9.97 Å². The first-order valence-corrected chi connectivity index (χ1v) is 13.1. The van der Waals surface area contributed by atoms with Crippen LogP contribution < -0.4 is 15.9 Å². The largest absolute Gasteiger partial charge is 0.338 e. The Kier molecular flexibility index (Phi) is 6.77. The summed E-state index contributed by atoms with van der Waals surface area (Å²) < 4.78 is 0. The Balaban J connectivity index is 1.58. The zero-order chi connectivity index (χ0) is 21.1. The van der Waals surface area contributed by atoms with Crippen LogP contribution in [0.5, 0.6) is 0 Å². The zero-order valence-electron chi connectivity index (χ0n) is 17.2. The Labute approximate surface area is 189 Å². The third-order valence-electron chi connectivity index (χ3n) is 5.29. The van der Waals surface area contributed by atoms with Crippen molar-refractivity contribution in [3.63, 3.8) is 0 Å². The Hall–Kier alpha value is -1.87. The summed E-state index contributed by atoms with van der Waals surface area (Å²) in [5, 5.41) is 9.08. The predicted molar refractivity (Wildman–Crippen MR) is 131 cm³/mol. The summed E-state index contributed by atoms with van der Waals surface area (Å²) in [5.74, 6) is 1.09. The first-order chi connectivity index (χ1) is 14.5. The molecular formula is C23H25Cl2N4P. The molecule has 0 amide bonds. The number of hydrogen-bond donors (Lipinski definition) is 2. The van der Waals surface area contributed by atoms with E-state index in [1.54, 1.807) is 6.20 Å². The maximum absolute atomic E-state index is 6.39. The van der Waals surface area contributed by atoms with Crippen LogP contribution in [0, 0.1) is 0 Å². The Morgan fingerprint density at radius 2 is 1.70 bits per heavy atom. The molecule has 0 saturated heterocycles. The number of benzene rings is 2. The monoisotopic (exact) mass is 458 g/mol. The summed E-state index contributed by atoms with van der Waals surface area (Å²) in [6.07, 6.45) is 7.76. The third-order valence-corrected chi connectivity index (χ3v) is 7.14. The highest BCUT2D eigenvalue weighted by atomic mass is 35.5. The van der Waals surface area contributed by atoms with Gasteiger partial charge in [-0.05, 0) is 80.5 Å². The molecule has 0 atom stereocenters. The second-order valence-electron chi connectivity index (χ2n) is 7.74. The van der Waals surface area contributed by atoms with Crippen molar-refractivity contribution >= 4 is 59.6 Å². The molecule has 0 radical (unpaired) electrons. The fourth-order valence-corrected chi connectivity index (χ4v) is 5.14. The summed E-state index contributed by atoms with van der Waals surface area (Å²) in [5.41, 5.74) is 4.85. The molecular weight excluding hydrogens is 434 g/mol. The molecule has 1 heterocycles. The standard InChI is InChI=1S/C23H25Cl2N4P/c1-30(2)21-13-17(24)9-11-20(21)28-22-19(25)14-26-23(29-22)27-18-10-8-15-6-4-3-5-7-16(15)12-18/h8-14H,3-7H2,1-2H3,(H2,26,27,28,29). The molecule has 4 nitrogen and oxygen atoms in total. The first-order valence-electron chi connectivity index (χ1n) is 10.1. The van der Waals surface area contributed by atoms with Crippen LogP contribution in [-0.4, -0.2) is 23.3 Å². The van der Waals surface area contributed by atoms with Gasteiger partial charge in [0.25, 0.3) is 0 Å². The van der Waals surface area contributed by atoms with Gasteiger partial charge in [-0.3, -0.25) is 0 Å². The minimum Gasteiger partial charge on any atom is -0.338 e. The van der Waals surface area contributed by atoms with E-state index in [1.807, 2.05) is 18.2 Å². The summed E-state index contributed by atoms with van der Waals surface area (Å²) in [6, 6.07) is 12.4. The second-order valence-corrected chi connectivity index (χ2v) is 10.9. The van der Waals surface area contributed by atoms with E-state index < -0.39 is 0 Å². The fourth-order valence-electron chi connectivity index (χ4n) is 3.74. The van der Waals surface area contributed by atoms with E-state index in [0.717, 1.165) is 22.8 Å². The molecule has 0 saturated carbocycles. The van der Waals surface area contributed by atoms with Crippen LogP contribution in [0.4, 0.5) is 23.1 Å². The molecule has 0 spiro atoms. The Bertz CT molecular complexity index is 1060. The maximum atomic E-state index is 6.39. The van der Waals surface area contributed by atoms with Gasteiger partial charge in [-0.1, -0.05) is 43.6 Å². The van der Waals surface area contributed by atoms with Gasteiger partial charge in [-0.15, -0.1) is 0 Å². The lowest BCUT2D eigenvalue weighted by Crippen LogP contribution is -2.09. The van der Waals surface area contributed by atoms with Gasteiger partial charge in [-0.2, -0.15) is 4.98 Å². The highest BCUT2D eigenvalue weighted by Gasteiger charge is 2.13. The van der Waals surface area contributed by atoms with Crippen molar-refractivity contribution in [3.05, 3.63) is 63.8 Å². The van der Waals surface area contributed by atoms with Gasteiger partial charge in [0.1, 0.15) is 5.02 Å². The Morgan fingerprint density at radius 3 is 2.50 bits per heavy atom. The van der Waals surface area contributed by atoms with Crippen LogP contribution in [0.25, 0.3) is 0 Å². The molecule has 30 heavy (non-hydrogen) atoms. The number of rotatable bonds is 5. The van der Waals surface area contributed by atoms with Crippen LogP contribution in [0.3, 0.4) is 0 Å². The van der Waals surface area contributed by atoms with Crippen molar-refractivity contribution in [1.29, 1.82) is 0 Å². The van der Waals surface area contributed by atoms with E-state index in [-0.39, 0.29) is 7.92 Å². The molecule has 0 unspecified atom stereocenters. The van der Waals surface area contributed by atoms with Crippen LogP contribution in [0.2, 0.25) is 10.0 Å². The minimum absolute atomic E-state index is 0.342. The van der Waals surface area contributed by atoms with Gasteiger partial charge in [0.2, 0.25) is 5.95 Å². The van der Waals surface area contributed by atoms with Crippen LogP contribution in [0.1, 0.15) is 30.4 Å². The molecule has 2 aromatic carbocycles. The van der Waals surface area contributed by atoms with E-state index in [2.05, 4.69) is 52.1 Å². The summed E-state index contributed by atoms with van der Waals surface area (Å²) in [4.78, 5) is 8.99. The van der Waals surface area contributed by atoms with Crippen molar-refractivity contribution in [2.45, 2.75) is 32.1 Å². The average molecular weight is 459 g/mol. The lowest BCUT2D eigenvalue weighted by Gasteiger charge is -2.16. The second kappa shape index (κ2) is 9.51. The van der Waals surface area contributed by atoms with Crippen molar-refractivity contribution < 1.29 is 0 Å². The third kappa shape index (κ3) is 5.06. The SMILES string of the molecule is CP(C)c1cc(Cl)ccc1Nc1nc(Nc2ccc3c(c2)CCCCC3)ncc1Cl. The van der Waals surface area contributed by atoms with Gasteiger partial charge in [0.05, 0.1) is 6.20 Å². The molecule has 2 N–H and O–H groups in total. The van der Waals surface area contributed by atoms with Gasteiger partial charge in [-0.25, -0.2) is 4.98 Å². The fraction of sp³-hybridized carbons (Fsp3) is 0.304. The van der Waals surface area contributed by atoms with Crippen LogP contribution >= 0.6 is 31.1 Å². The number of fused-ring (bicyclic) bond motifs is 1. The maximum Gasteiger partial charge on any atom is 0.229 e. The van der Waals surface area contributed by atoms with E-state index >= 15 is 0 Å². The summed E-state index contributed by atoms with van der Waals surface area (Å²) >= 11 is 12.6. The topological polar surface area (TPSA) is 49.8 Å². The zero-order valence-corrected chi connectivity index (χ0v) is 19.6. The number of nitrogens with one attached hydrogen (secondary N) is 2. The molecule has 156 valence electrons. The number of aryl methyl sites for hydroxylation is 2. The number of hydrogen-bond acceptors (Lipinski definition) is 4. The molecule has 0 fully saturated rings. The number of halogens is 2.